The van der Waals surface area contributed by atoms with Gasteiger partial charge in [-0.3, -0.25) is 0 Å². The Morgan fingerprint density at radius 1 is 1.35 bits per heavy atom. The molecule has 0 bridgehead atoms. The predicted molar refractivity (Wildman–Crippen MR) is 82.1 cm³/mol. The number of nitrogens with one attached hydrogen (secondary N) is 1. The lowest BCUT2D eigenvalue weighted by atomic mass is 9.81. The van der Waals surface area contributed by atoms with E-state index in [1.807, 2.05) is 0 Å². The van der Waals surface area contributed by atoms with Gasteiger partial charge in [0, 0.05) is 37.8 Å². The van der Waals surface area contributed by atoms with E-state index >= 15 is 0 Å². The molecule has 2 saturated heterocycles. The zero-order valence-electron chi connectivity index (χ0n) is 13.5. The quantitative estimate of drug-likeness (QED) is 0.724. The number of likely N-dealkylation sites (N-methyl/N-ethyl adjacent to an activating group) is 1. The van der Waals surface area contributed by atoms with Gasteiger partial charge in [-0.15, -0.1) is 0 Å². The van der Waals surface area contributed by atoms with Crippen LogP contribution >= 0.6 is 0 Å². The van der Waals surface area contributed by atoms with Gasteiger partial charge in [-0.2, -0.15) is 0 Å². The van der Waals surface area contributed by atoms with Crippen LogP contribution < -0.4 is 5.32 Å². The van der Waals surface area contributed by atoms with Gasteiger partial charge in [0.05, 0.1) is 12.7 Å². The highest BCUT2D eigenvalue weighted by Gasteiger charge is 2.37. The lowest BCUT2D eigenvalue weighted by Crippen LogP contribution is -2.51. The second-order valence-corrected chi connectivity index (χ2v) is 6.68. The van der Waals surface area contributed by atoms with Crippen LogP contribution in [0.5, 0.6) is 0 Å². The van der Waals surface area contributed by atoms with Crippen LogP contribution in [0.1, 0.15) is 39.5 Å². The zero-order chi connectivity index (χ0) is 14.4. The summed E-state index contributed by atoms with van der Waals surface area (Å²) in [7, 11) is 2.26. The van der Waals surface area contributed by atoms with Gasteiger partial charge < -0.3 is 19.7 Å². The maximum Gasteiger partial charge on any atom is 0.0702 e. The minimum absolute atomic E-state index is 0.282. The Bertz CT molecular complexity index is 280. The van der Waals surface area contributed by atoms with E-state index in [9.17, 15) is 0 Å². The maximum atomic E-state index is 5.81. The van der Waals surface area contributed by atoms with Gasteiger partial charge in [-0.05, 0) is 46.2 Å². The molecule has 0 spiro atoms. The van der Waals surface area contributed by atoms with Crippen LogP contribution in [0.15, 0.2) is 0 Å². The van der Waals surface area contributed by atoms with Crippen molar-refractivity contribution in [3.05, 3.63) is 0 Å². The van der Waals surface area contributed by atoms with Crippen molar-refractivity contribution in [3.63, 3.8) is 0 Å². The highest BCUT2D eigenvalue weighted by Crippen LogP contribution is 2.31. The topological polar surface area (TPSA) is 33.7 Å². The number of rotatable bonds is 7. The van der Waals surface area contributed by atoms with Crippen LogP contribution in [0.2, 0.25) is 0 Å². The van der Waals surface area contributed by atoms with E-state index in [-0.39, 0.29) is 5.41 Å². The molecule has 2 aliphatic heterocycles. The number of hydrogen-bond acceptors (Lipinski definition) is 4. The monoisotopic (exact) mass is 284 g/mol. The van der Waals surface area contributed by atoms with Gasteiger partial charge in [-0.25, -0.2) is 0 Å². The van der Waals surface area contributed by atoms with Gasteiger partial charge in [0.25, 0.3) is 0 Å². The predicted octanol–water partition coefficient (Wildman–Crippen LogP) is 1.89. The summed E-state index contributed by atoms with van der Waals surface area (Å²) in [6.45, 7) is 10.5. The Morgan fingerprint density at radius 2 is 2.20 bits per heavy atom. The Morgan fingerprint density at radius 3 is 2.80 bits per heavy atom. The molecule has 0 aromatic carbocycles. The lowest BCUT2D eigenvalue weighted by Gasteiger charge is -2.42. The molecule has 20 heavy (non-hydrogen) atoms. The van der Waals surface area contributed by atoms with E-state index in [4.69, 9.17) is 9.47 Å². The molecular formula is C16H32N2O2. The van der Waals surface area contributed by atoms with E-state index in [0.29, 0.717) is 12.1 Å². The smallest absolute Gasteiger partial charge is 0.0702 e. The molecule has 1 N–H and O–H groups in total. The summed E-state index contributed by atoms with van der Waals surface area (Å²) in [5, 5.41) is 3.61. The van der Waals surface area contributed by atoms with Crippen LogP contribution in [0, 0.1) is 5.41 Å². The van der Waals surface area contributed by atoms with Crippen molar-refractivity contribution < 1.29 is 9.47 Å². The van der Waals surface area contributed by atoms with E-state index in [1.54, 1.807) is 0 Å². The molecule has 0 radical (unpaired) electrons. The fraction of sp³-hybridized carbons (Fsp3) is 1.00. The van der Waals surface area contributed by atoms with Crippen molar-refractivity contribution in [2.75, 3.05) is 46.5 Å². The molecule has 0 aromatic heterocycles. The van der Waals surface area contributed by atoms with E-state index in [0.717, 1.165) is 45.9 Å². The Kier molecular flexibility index (Phi) is 6.27. The largest absolute Gasteiger partial charge is 0.381 e. The maximum absolute atomic E-state index is 5.81. The first-order valence-electron chi connectivity index (χ1n) is 8.27. The first kappa shape index (κ1) is 16.2. The van der Waals surface area contributed by atoms with Gasteiger partial charge in [0.2, 0.25) is 0 Å². The van der Waals surface area contributed by atoms with Crippen LogP contribution in [0.3, 0.4) is 0 Å². The fourth-order valence-electron chi connectivity index (χ4n) is 3.71. The SMILES string of the molecule is CCCNCC1(CN(C)C2CCOC2C)CCCOC1. The van der Waals surface area contributed by atoms with E-state index < -0.39 is 0 Å². The molecule has 0 aromatic rings. The molecule has 4 nitrogen and oxygen atoms in total. The minimum Gasteiger partial charge on any atom is -0.381 e. The van der Waals surface area contributed by atoms with E-state index in [1.165, 1.54) is 19.3 Å². The molecule has 118 valence electrons. The van der Waals surface area contributed by atoms with Crippen molar-refractivity contribution in [2.24, 2.45) is 5.41 Å². The summed E-state index contributed by atoms with van der Waals surface area (Å²) in [5.74, 6) is 0. The Labute approximate surface area is 124 Å². The summed E-state index contributed by atoms with van der Waals surface area (Å²) in [6, 6.07) is 0.569. The van der Waals surface area contributed by atoms with E-state index in [2.05, 4.69) is 31.1 Å². The van der Waals surface area contributed by atoms with Gasteiger partial charge in [0.1, 0.15) is 0 Å². The Balaban J connectivity index is 1.92. The molecule has 2 aliphatic rings. The molecule has 0 aliphatic carbocycles. The average Bonchev–Trinajstić information content (AvgIpc) is 2.86. The third kappa shape index (κ3) is 4.17. The second-order valence-electron chi connectivity index (χ2n) is 6.68. The summed E-state index contributed by atoms with van der Waals surface area (Å²) in [6.07, 6.45) is 5.19. The number of nitrogens with zero attached hydrogens (tertiary/aromatic N) is 1. The van der Waals surface area contributed by atoms with Crippen LogP contribution in [0.4, 0.5) is 0 Å². The third-order valence-electron chi connectivity index (χ3n) is 4.82. The second kappa shape index (κ2) is 7.74. The Hall–Kier alpha value is -0.160. The summed E-state index contributed by atoms with van der Waals surface area (Å²) >= 11 is 0. The fourth-order valence-corrected chi connectivity index (χ4v) is 3.71. The van der Waals surface area contributed by atoms with Crippen molar-refractivity contribution >= 4 is 0 Å². The van der Waals surface area contributed by atoms with Crippen molar-refractivity contribution in [2.45, 2.75) is 51.7 Å². The van der Waals surface area contributed by atoms with Crippen LogP contribution in [-0.2, 0) is 9.47 Å². The number of ether oxygens (including phenoxy) is 2. The average molecular weight is 284 g/mol. The normalized spacial score (nSPS) is 34.8. The lowest BCUT2D eigenvalue weighted by molar-refractivity contribution is -0.0328. The molecule has 2 heterocycles. The summed E-state index contributed by atoms with van der Waals surface area (Å²) < 4.78 is 11.5. The van der Waals surface area contributed by atoms with Gasteiger partial charge >= 0.3 is 0 Å². The molecule has 4 heteroatoms. The summed E-state index contributed by atoms with van der Waals surface area (Å²) in [5.41, 5.74) is 0.282. The van der Waals surface area contributed by atoms with Gasteiger partial charge in [-0.1, -0.05) is 6.92 Å². The third-order valence-corrected chi connectivity index (χ3v) is 4.82. The minimum atomic E-state index is 0.282. The molecular weight excluding hydrogens is 252 g/mol. The van der Waals surface area contributed by atoms with Crippen molar-refractivity contribution in [3.8, 4) is 0 Å². The first-order valence-corrected chi connectivity index (χ1v) is 8.27. The number of hydrogen-bond donors (Lipinski definition) is 1. The highest BCUT2D eigenvalue weighted by atomic mass is 16.5. The standard InChI is InChI=1S/C16H32N2O2/c1-4-8-17-11-16(7-5-9-19-13-16)12-18(3)15-6-10-20-14(15)2/h14-15,17H,4-13H2,1-3H3. The highest BCUT2D eigenvalue weighted by molar-refractivity contribution is 4.90. The molecule has 2 fully saturated rings. The van der Waals surface area contributed by atoms with Crippen LogP contribution in [0.25, 0.3) is 0 Å². The zero-order valence-corrected chi connectivity index (χ0v) is 13.5. The summed E-state index contributed by atoms with van der Waals surface area (Å²) in [4.78, 5) is 2.51. The first-order chi connectivity index (χ1) is 9.67. The molecule has 0 saturated carbocycles. The van der Waals surface area contributed by atoms with Crippen LogP contribution in [-0.4, -0.2) is 63.5 Å². The van der Waals surface area contributed by atoms with Crippen molar-refractivity contribution in [1.82, 2.24) is 10.2 Å². The van der Waals surface area contributed by atoms with Gasteiger partial charge in [0.15, 0.2) is 0 Å². The molecule has 2 rings (SSSR count). The van der Waals surface area contributed by atoms with Crippen molar-refractivity contribution in [1.29, 1.82) is 0 Å². The molecule has 3 unspecified atom stereocenters. The molecule has 0 amide bonds. The molecule has 3 atom stereocenters.